The molecule has 9 heteroatoms. The number of rotatable bonds is 5. The van der Waals surface area contributed by atoms with Gasteiger partial charge in [0.05, 0.1) is 6.04 Å². The number of amides is 1. The Balaban J connectivity index is 3.15. The molecule has 0 aliphatic carbocycles. The molecule has 1 aromatic rings. The molecule has 1 unspecified atom stereocenters. The maximum Gasteiger partial charge on any atom is 0.257 e. The molecule has 1 aromatic carbocycles. The van der Waals surface area contributed by atoms with Crippen LogP contribution in [0.25, 0.3) is 0 Å². The molecular weight excluding hydrogens is 301 g/mol. The molecule has 4 nitrogen and oxygen atoms in total. The third-order valence-corrected chi connectivity index (χ3v) is 2.67. The summed E-state index contributed by atoms with van der Waals surface area (Å²) in [4.78, 5) is 11.7. The van der Waals surface area contributed by atoms with Gasteiger partial charge in [0.1, 0.15) is 5.56 Å². The first-order valence-corrected chi connectivity index (χ1v) is 5.64. The Labute approximate surface area is 116 Å². The highest BCUT2D eigenvalue weighted by molar-refractivity contribution is 5.95. The number of nitrogens with one attached hydrogen (secondary N) is 1. The van der Waals surface area contributed by atoms with Gasteiger partial charge in [0.2, 0.25) is 5.82 Å². The predicted molar refractivity (Wildman–Crippen MR) is 61.0 cm³/mol. The molecule has 1 atom stereocenters. The second kappa shape index (κ2) is 6.81. The van der Waals surface area contributed by atoms with Crippen molar-refractivity contribution in [3.8, 4) is 0 Å². The summed E-state index contributed by atoms with van der Waals surface area (Å²) in [6, 6.07) is -0.900. The summed E-state index contributed by atoms with van der Waals surface area (Å²) in [5, 5.41) is 2.03. The fourth-order valence-electron chi connectivity index (χ4n) is 1.66. The van der Waals surface area contributed by atoms with Gasteiger partial charge in [0.15, 0.2) is 29.6 Å². The van der Waals surface area contributed by atoms with Crippen molar-refractivity contribution in [2.24, 2.45) is 0 Å². The lowest BCUT2D eigenvalue weighted by atomic mass is 10.1. The van der Waals surface area contributed by atoms with Gasteiger partial charge >= 0.3 is 0 Å². The normalized spacial score (nSPS) is 12.6. The van der Waals surface area contributed by atoms with Gasteiger partial charge in [-0.05, 0) is 6.92 Å². The van der Waals surface area contributed by atoms with Crippen molar-refractivity contribution in [1.29, 1.82) is 0 Å². The Hall–Kier alpha value is -1.74. The SMILES string of the molecule is COC(OC)C(C)NC(=O)c1c(F)c(F)c(F)c(F)c1F. The monoisotopic (exact) mass is 313 g/mol. The van der Waals surface area contributed by atoms with E-state index in [0.29, 0.717) is 0 Å². The third-order valence-electron chi connectivity index (χ3n) is 2.67. The minimum absolute atomic E-state index is 0.900. The van der Waals surface area contributed by atoms with E-state index in [4.69, 9.17) is 9.47 Å². The first kappa shape index (κ1) is 17.3. The highest BCUT2D eigenvalue weighted by Crippen LogP contribution is 2.23. The van der Waals surface area contributed by atoms with Gasteiger partial charge in [0, 0.05) is 14.2 Å². The smallest absolute Gasteiger partial charge is 0.257 e. The topological polar surface area (TPSA) is 47.6 Å². The van der Waals surface area contributed by atoms with Crippen LogP contribution >= 0.6 is 0 Å². The zero-order valence-corrected chi connectivity index (χ0v) is 11.3. The van der Waals surface area contributed by atoms with E-state index < -0.39 is 52.9 Å². The Morgan fingerprint density at radius 3 is 1.67 bits per heavy atom. The molecule has 0 spiro atoms. The van der Waals surface area contributed by atoms with E-state index >= 15 is 0 Å². The average Bonchev–Trinajstić information content (AvgIpc) is 2.44. The van der Waals surface area contributed by atoms with E-state index in [2.05, 4.69) is 0 Å². The molecule has 0 aliphatic rings. The maximum absolute atomic E-state index is 13.4. The number of methoxy groups -OCH3 is 2. The summed E-state index contributed by atoms with van der Waals surface area (Å²) >= 11 is 0. The second-order valence-corrected chi connectivity index (χ2v) is 4.05. The molecule has 0 aromatic heterocycles. The summed E-state index contributed by atoms with van der Waals surface area (Å²) < 4.78 is 75.3. The second-order valence-electron chi connectivity index (χ2n) is 4.05. The van der Waals surface area contributed by atoms with Crippen LogP contribution in [0.5, 0.6) is 0 Å². The number of carbonyl (C=O) groups excluding carboxylic acids is 1. The summed E-state index contributed by atoms with van der Waals surface area (Å²) in [5.74, 6) is -12.6. The minimum atomic E-state index is -2.33. The quantitative estimate of drug-likeness (QED) is 0.392. The Morgan fingerprint density at radius 1 is 0.905 bits per heavy atom. The molecule has 21 heavy (non-hydrogen) atoms. The van der Waals surface area contributed by atoms with Crippen molar-refractivity contribution in [3.63, 3.8) is 0 Å². The van der Waals surface area contributed by atoms with Gasteiger partial charge in [-0.1, -0.05) is 0 Å². The van der Waals surface area contributed by atoms with Crippen LogP contribution < -0.4 is 5.32 Å². The van der Waals surface area contributed by atoms with Gasteiger partial charge in [-0.25, -0.2) is 22.0 Å². The molecule has 0 heterocycles. The van der Waals surface area contributed by atoms with Crippen molar-refractivity contribution < 1.29 is 36.2 Å². The van der Waals surface area contributed by atoms with Crippen LogP contribution in [0.15, 0.2) is 0 Å². The zero-order valence-electron chi connectivity index (χ0n) is 11.3. The van der Waals surface area contributed by atoms with E-state index in [1.54, 1.807) is 0 Å². The van der Waals surface area contributed by atoms with Crippen LogP contribution in [0, 0.1) is 29.1 Å². The molecule has 1 amide bonds. The fourth-order valence-corrected chi connectivity index (χ4v) is 1.66. The molecule has 1 rings (SSSR count). The van der Waals surface area contributed by atoms with E-state index in [-0.39, 0.29) is 0 Å². The van der Waals surface area contributed by atoms with Crippen LogP contribution in [0.3, 0.4) is 0 Å². The summed E-state index contributed by atoms with van der Waals surface area (Å²) in [7, 11) is 2.49. The number of halogens is 5. The number of carbonyl (C=O) groups is 1. The molecular formula is C12H12F5NO3. The van der Waals surface area contributed by atoms with E-state index in [1.165, 1.54) is 21.1 Å². The molecule has 0 fully saturated rings. The minimum Gasteiger partial charge on any atom is -0.354 e. The molecule has 0 radical (unpaired) electrons. The fraction of sp³-hybridized carbons (Fsp3) is 0.417. The van der Waals surface area contributed by atoms with E-state index in [1.807, 2.05) is 5.32 Å². The van der Waals surface area contributed by atoms with E-state index in [9.17, 15) is 26.7 Å². The molecule has 1 N–H and O–H groups in total. The van der Waals surface area contributed by atoms with Gasteiger partial charge < -0.3 is 14.8 Å². The van der Waals surface area contributed by atoms with Crippen LogP contribution in [0.1, 0.15) is 17.3 Å². The van der Waals surface area contributed by atoms with Crippen molar-refractivity contribution >= 4 is 5.91 Å². The highest BCUT2D eigenvalue weighted by Gasteiger charge is 2.31. The van der Waals surface area contributed by atoms with Crippen LogP contribution in [0.2, 0.25) is 0 Å². The summed E-state index contributed by atoms with van der Waals surface area (Å²) in [6.07, 6.45) is -0.963. The first-order valence-electron chi connectivity index (χ1n) is 5.64. The molecule has 0 aliphatic heterocycles. The Morgan fingerprint density at radius 2 is 1.29 bits per heavy atom. The van der Waals surface area contributed by atoms with Crippen LogP contribution in [0.4, 0.5) is 22.0 Å². The molecule has 0 bridgehead atoms. The van der Waals surface area contributed by atoms with Crippen molar-refractivity contribution in [2.45, 2.75) is 19.3 Å². The average molecular weight is 313 g/mol. The Kier molecular flexibility index (Phi) is 5.62. The zero-order chi connectivity index (χ0) is 16.3. The van der Waals surface area contributed by atoms with Crippen molar-refractivity contribution in [2.75, 3.05) is 14.2 Å². The van der Waals surface area contributed by atoms with Gasteiger partial charge in [-0.2, -0.15) is 0 Å². The van der Waals surface area contributed by atoms with Crippen molar-refractivity contribution in [1.82, 2.24) is 5.32 Å². The molecule has 0 saturated heterocycles. The Bertz CT molecular complexity index is 519. The summed E-state index contributed by atoms with van der Waals surface area (Å²) in [5.41, 5.74) is -1.57. The molecule has 118 valence electrons. The lowest BCUT2D eigenvalue weighted by molar-refractivity contribution is -0.117. The highest BCUT2D eigenvalue weighted by atomic mass is 19.2. The standard InChI is InChI=1S/C12H12F5NO3/c1-4(12(20-2)21-3)18-11(19)5-6(13)8(15)10(17)9(16)7(5)14/h4,12H,1-3H3,(H,18,19). The predicted octanol–water partition coefficient (Wildman–Crippen LogP) is 2.12. The lowest BCUT2D eigenvalue weighted by Gasteiger charge is -2.22. The van der Waals surface area contributed by atoms with Crippen LogP contribution in [-0.2, 0) is 9.47 Å². The number of hydrogen-bond acceptors (Lipinski definition) is 3. The maximum atomic E-state index is 13.4. The van der Waals surface area contributed by atoms with Crippen molar-refractivity contribution in [3.05, 3.63) is 34.6 Å². The van der Waals surface area contributed by atoms with Gasteiger partial charge in [-0.3, -0.25) is 4.79 Å². The summed E-state index contributed by atoms with van der Waals surface area (Å²) in [6.45, 7) is 1.36. The largest absolute Gasteiger partial charge is 0.354 e. The van der Waals surface area contributed by atoms with Gasteiger partial charge in [-0.15, -0.1) is 0 Å². The van der Waals surface area contributed by atoms with Gasteiger partial charge in [0.25, 0.3) is 5.91 Å². The molecule has 0 saturated carbocycles. The number of ether oxygens (including phenoxy) is 2. The number of benzene rings is 1. The number of hydrogen-bond donors (Lipinski definition) is 1. The van der Waals surface area contributed by atoms with Crippen LogP contribution in [-0.4, -0.2) is 32.5 Å². The third kappa shape index (κ3) is 3.30. The lowest BCUT2D eigenvalue weighted by Crippen LogP contribution is -2.43. The van der Waals surface area contributed by atoms with E-state index in [0.717, 1.165) is 0 Å². The first-order chi connectivity index (χ1) is 9.76.